The van der Waals surface area contributed by atoms with Crippen molar-refractivity contribution < 1.29 is 4.79 Å². The van der Waals surface area contributed by atoms with Crippen molar-refractivity contribution in [3.05, 3.63) is 58.7 Å². The van der Waals surface area contributed by atoms with E-state index < -0.39 is 0 Å². The van der Waals surface area contributed by atoms with Crippen molar-refractivity contribution in [2.75, 3.05) is 11.1 Å². The number of carbonyl (C=O) groups is 1. The Morgan fingerprint density at radius 2 is 2.17 bits per heavy atom. The predicted octanol–water partition coefficient (Wildman–Crippen LogP) is 4.19. The summed E-state index contributed by atoms with van der Waals surface area (Å²) in [7, 11) is 0. The molecule has 5 nitrogen and oxygen atoms in total. The maximum absolute atomic E-state index is 12.1. The normalized spacial score (nSPS) is 10.3. The van der Waals surface area contributed by atoms with E-state index in [1.807, 2.05) is 29.0 Å². The molecule has 0 saturated heterocycles. The van der Waals surface area contributed by atoms with Gasteiger partial charge in [-0.3, -0.25) is 9.36 Å². The fourth-order valence-corrected chi connectivity index (χ4v) is 3.63. The molecule has 1 amide bonds. The minimum Gasteiger partial charge on any atom is -0.316 e. The summed E-state index contributed by atoms with van der Waals surface area (Å²) in [6.45, 7) is 0. The van der Waals surface area contributed by atoms with Crippen LogP contribution in [0.1, 0.15) is 5.56 Å². The van der Waals surface area contributed by atoms with E-state index in [4.69, 9.17) is 16.9 Å². The van der Waals surface area contributed by atoms with Crippen LogP contribution in [0.15, 0.2) is 53.3 Å². The van der Waals surface area contributed by atoms with E-state index in [-0.39, 0.29) is 11.7 Å². The zero-order chi connectivity index (χ0) is 16.9. The molecular formula is C16H11ClN4OS2. The number of thioether (sulfide) groups is 1. The van der Waals surface area contributed by atoms with Crippen molar-refractivity contribution >= 4 is 45.6 Å². The second-order valence-electron chi connectivity index (χ2n) is 4.67. The fourth-order valence-electron chi connectivity index (χ4n) is 1.98. The van der Waals surface area contributed by atoms with Gasteiger partial charge in [-0.25, -0.2) is 4.98 Å². The first-order valence-electron chi connectivity index (χ1n) is 6.87. The summed E-state index contributed by atoms with van der Waals surface area (Å²) in [5.74, 6) is 0.0255. The lowest BCUT2D eigenvalue weighted by Gasteiger charge is -2.07. The summed E-state index contributed by atoms with van der Waals surface area (Å²) < 4.78 is 1.89. The van der Waals surface area contributed by atoms with Crippen LogP contribution in [-0.2, 0) is 4.79 Å². The molecule has 0 aliphatic carbocycles. The van der Waals surface area contributed by atoms with Gasteiger partial charge >= 0.3 is 0 Å². The van der Waals surface area contributed by atoms with Gasteiger partial charge in [0.05, 0.1) is 11.3 Å². The summed E-state index contributed by atoms with van der Waals surface area (Å²) in [6, 6.07) is 11.1. The summed E-state index contributed by atoms with van der Waals surface area (Å²) in [5.41, 5.74) is 1.39. The first kappa shape index (κ1) is 16.6. The standard InChI is InChI=1S/C16H11ClN4OS2/c17-12-1-3-13(4-2-12)21-7-6-19-16(21)24-10-14(22)20-15-11(9-18)5-8-23-15/h1-8H,10H2,(H,20,22). The molecule has 1 aromatic carbocycles. The van der Waals surface area contributed by atoms with Gasteiger partial charge in [0, 0.05) is 23.1 Å². The number of halogens is 1. The Morgan fingerprint density at radius 3 is 2.92 bits per heavy atom. The lowest BCUT2D eigenvalue weighted by atomic mass is 10.3. The van der Waals surface area contributed by atoms with Gasteiger partial charge in [-0.1, -0.05) is 23.4 Å². The lowest BCUT2D eigenvalue weighted by Crippen LogP contribution is -2.14. The molecule has 1 N–H and O–H groups in total. The molecule has 0 aliphatic heterocycles. The second-order valence-corrected chi connectivity index (χ2v) is 6.96. The number of benzene rings is 1. The number of thiophene rings is 1. The summed E-state index contributed by atoms with van der Waals surface area (Å²) in [5, 5.41) is 15.4. The van der Waals surface area contributed by atoms with E-state index in [0.717, 1.165) is 5.69 Å². The van der Waals surface area contributed by atoms with E-state index >= 15 is 0 Å². The van der Waals surface area contributed by atoms with Crippen LogP contribution in [-0.4, -0.2) is 21.2 Å². The van der Waals surface area contributed by atoms with E-state index in [2.05, 4.69) is 10.3 Å². The van der Waals surface area contributed by atoms with Crippen molar-refractivity contribution in [1.29, 1.82) is 5.26 Å². The van der Waals surface area contributed by atoms with E-state index in [1.165, 1.54) is 23.1 Å². The van der Waals surface area contributed by atoms with Crippen LogP contribution in [0.2, 0.25) is 5.02 Å². The van der Waals surface area contributed by atoms with Gasteiger partial charge in [0.15, 0.2) is 5.16 Å². The third-order valence-electron chi connectivity index (χ3n) is 3.08. The molecule has 0 radical (unpaired) electrons. The van der Waals surface area contributed by atoms with Crippen molar-refractivity contribution in [2.45, 2.75) is 5.16 Å². The van der Waals surface area contributed by atoms with Crippen molar-refractivity contribution in [3.63, 3.8) is 0 Å². The third-order valence-corrected chi connectivity index (χ3v) is 5.13. The molecule has 3 aromatic rings. The van der Waals surface area contributed by atoms with Crippen LogP contribution in [0.4, 0.5) is 5.00 Å². The van der Waals surface area contributed by atoms with Crippen LogP contribution < -0.4 is 5.32 Å². The Balaban J connectivity index is 1.65. The average molecular weight is 375 g/mol. The van der Waals surface area contributed by atoms with Crippen LogP contribution >= 0.6 is 34.7 Å². The molecule has 3 rings (SSSR count). The fraction of sp³-hybridized carbons (Fsp3) is 0.0625. The van der Waals surface area contributed by atoms with Gasteiger partial charge in [-0.2, -0.15) is 5.26 Å². The molecule has 0 spiro atoms. The molecule has 2 aromatic heterocycles. The van der Waals surface area contributed by atoms with Crippen LogP contribution in [0.25, 0.3) is 5.69 Å². The van der Waals surface area contributed by atoms with E-state index in [9.17, 15) is 4.79 Å². The molecule has 2 heterocycles. The molecule has 0 fully saturated rings. The predicted molar refractivity (Wildman–Crippen MR) is 97.0 cm³/mol. The molecule has 0 bridgehead atoms. The molecule has 0 aliphatic rings. The highest BCUT2D eigenvalue weighted by molar-refractivity contribution is 7.99. The van der Waals surface area contributed by atoms with Gasteiger partial charge in [0.1, 0.15) is 11.1 Å². The van der Waals surface area contributed by atoms with Gasteiger partial charge in [-0.05, 0) is 35.7 Å². The topological polar surface area (TPSA) is 70.7 Å². The number of rotatable bonds is 5. The third kappa shape index (κ3) is 3.79. The summed E-state index contributed by atoms with van der Waals surface area (Å²) in [6.07, 6.45) is 3.51. The van der Waals surface area contributed by atoms with E-state index in [0.29, 0.717) is 20.7 Å². The number of hydrogen-bond donors (Lipinski definition) is 1. The number of nitriles is 1. The van der Waals surface area contributed by atoms with Gasteiger partial charge in [0.2, 0.25) is 5.91 Å². The molecule has 120 valence electrons. The molecule has 0 unspecified atom stereocenters. The Hall–Kier alpha value is -2.27. The van der Waals surface area contributed by atoms with Crippen LogP contribution in [0, 0.1) is 11.3 Å². The molecular weight excluding hydrogens is 364 g/mol. The maximum Gasteiger partial charge on any atom is 0.235 e. The largest absolute Gasteiger partial charge is 0.316 e. The highest BCUT2D eigenvalue weighted by Gasteiger charge is 2.11. The van der Waals surface area contributed by atoms with Crippen molar-refractivity contribution in [2.24, 2.45) is 0 Å². The number of nitrogens with one attached hydrogen (secondary N) is 1. The highest BCUT2D eigenvalue weighted by atomic mass is 35.5. The van der Waals surface area contributed by atoms with Crippen molar-refractivity contribution in [3.8, 4) is 11.8 Å². The number of carbonyl (C=O) groups excluding carboxylic acids is 1. The second kappa shape index (κ2) is 7.53. The smallest absolute Gasteiger partial charge is 0.235 e. The minimum atomic E-state index is -0.176. The molecule has 0 saturated carbocycles. The zero-order valence-corrected chi connectivity index (χ0v) is 14.7. The van der Waals surface area contributed by atoms with Gasteiger partial charge < -0.3 is 5.32 Å². The number of imidazole rings is 1. The summed E-state index contributed by atoms with van der Waals surface area (Å²) in [4.78, 5) is 16.4. The first-order chi connectivity index (χ1) is 11.7. The quantitative estimate of drug-likeness (QED) is 0.680. The minimum absolute atomic E-state index is 0.176. The Kier molecular flexibility index (Phi) is 5.20. The number of aromatic nitrogens is 2. The number of anilines is 1. The SMILES string of the molecule is N#Cc1ccsc1NC(=O)CSc1nccn1-c1ccc(Cl)cc1. The molecule has 0 atom stereocenters. The Labute approximate surface area is 151 Å². The number of hydrogen-bond acceptors (Lipinski definition) is 5. The van der Waals surface area contributed by atoms with Gasteiger partial charge in [0.25, 0.3) is 0 Å². The zero-order valence-electron chi connectivity index (χ0n) is 12.3. The molecule has 24 heavy (non-hydrogen) atoms. The number of nitrogens with zero attached hydrogens (tertiary/aromatic N) is 3. The summed E-state index contributed by atoms with van der Waals surface area (Å²) >= 11 is 8.56. The monoisotopic (exact) mass is 374 g/mol. The van der Waals surface area contributed by atoms with Gasteiger partial charge in [-0.15, -0.1) is 11.3 Å². The Morgan fingerprint density at radius 1 is 1.38 bits per heavy atom. The highest BCUT2D eigenvalue weighted by Crippen LogP contribution is 2.24. The van der Waals surface area contributed by atoms with Crippen LogP contribution in [0.3, 0.4) is 0 Å². The maximum atomic E-state index is 12.1. The van der Waals surface area contributed by atoms with Crippen molar-refractivity contribution in [1.82, 2.24) is 9.55 Å². The van der Waals surface area contributed by atoms with Crippen LogP contribution in [0.5, 0.6) is 0 Å². The average Bonchev–Trinajstić information content (AvgIpc) is 3.22. The molecule has 8 heteroatoms. The number of amides is 1. The first-order valence-corrected chi connectivity index (χ1v) is 9.11. The van der Waals surface area contributed by atoms with E-state index in [1.54, 1.807) is 29.8 Å². The Bertz CT molecular complexity index is 895. The lowest BCUT2D eigenvalue weighted by molar-refractivity contribution is -0.113.